The molecule has 14 heavy (non-hydrogen) atoms. The molecule has 0 saturated heterocycles. The van der Waals surface area contributed by atoms with Gasteiger partial charge in [0.05, 0.1) is 0 Å². The number of aromatic nitrogens is 4. The van der Waals surface area contributed by atoms with Gasteiger partial charge in [-0.2, -0.15) is 4.52 Å². The number of nitrogens with zero attached hydrogens (tertiary/aromatic N) is 4. The van der Waals surface area contributed by atoms with Crippen molar-refractivity contribution in [3.05, 3.63) is 36.0 Å². The van der Waals surface area contributed by atoms with Crippen LogP contribution in [0.5, 0.6) is 0 Å². The van der Waals surface area contributed by atoms with E-state index in [2.05, 4.69) is 28.5 Å². The zero-order valence-electron chi connectivity index (χ0n) is 7.68. The summed E-state index contributed by atoms with van der Waals surface area (Å²) in [5, 5.41) is 13.8. The molecule has 4 heteroatoms. The third kappa shape index (κ3) is 0.849. The molecule has 2 heterocycles. The minimum absolute atomic E-state index is 0.811. The van der Waals surface area contributed by atoms with Crippen molar-refractivity contribution in [2.24, 2.45) is 0 Å². The lowest BCUT2D eigenvalue weighted by Gasteiger charge is -2.01. The summed E-state index contributed by atoms with van der Waals surface area (Å²) in [4.78, 5) is 0. The second kappa shape index (κ2) is 2.51. The highest BCUT2D eigenvalue weighted by Gasteiger charge is 2.04. The van der Waals surface area contributed by atoms with Crippen LogP contribution in [-0.4, -0.2) is 20.0 Å². The van der Waals surface area contributed by atoms with Gasteiger partial charge in [-0.3, -0.25) is 0 Å². The Hall–Kier alpha value is -1.97. The Balaban J connectivity index is 2.67. The van der Waals surface area contributed by atoms with E-state index in [1.165, 1.54) is 10.9 Å². The van der Waals surface area contributed by atoms with Crippen molar-refractivity contribution in [3.8, 4) is 0 Å². The number of hydrogen-bond acceptors (Lipinski definition) is 3. The molecular formula is C10H8N4. The van der Waals surface area contributed by atoms with Crippen LogP contribution < -0.4 is 0 Å². The van der Waals surface area contributed by atoms with E-state index in [-0.39, 0.29) is 0 Å². The van der Waals surface area contributed by atoms with Crippen LogP contribution in [0.1, 0.15) is 5.56 Å². The second-order valence-corrected chi connectivity index (χ2v) is 3.30. The summed E-state index contributed by atoms with van der Waals surface area (Å²) in [6.45, 7) is 2.06. The molecule has 2 aromatic heterocycles. The number of hydrogen-bond donors (Lipinski definition) is 0. The zero-order valence-corrected chi connectivity index (χ0v) is 7.68. The Morgan fingerprint density at radius 3 is 2.79 bits per heavy atom. The Labute approximate surface area is 80.2 Å². The summed E-state index contributed by atoms with van der Waals surface area (Å²) < 4.78 is 1.71. The van der Waals surface area contributed by atoms with E-state index in [1.54, 1.807) is 4.52 Å². The average Bonchev–Trinajstić information content (AvgIpc) is 2.66. The highest BCUT2D eigenvalue weighted by atomic mass is 15.5. The van der Waals surface area contributed by atoms with Gasteiger partial charge in [0.2, 0.25) is 0 Å². The SMILES string of the molecule is Cc1cn2nnnc2c2ccccc12. The summed E-state index contributed by atoms with van der Waals surface area (Å²) in [7, 11) is 0. The van der Waals surface area contributed by atoms with Gasteiger partial charge >= 0.3 is 0 Å². The molecule has 0 bridgehead atoms. The first-order valence-electron chi connectivity index (χ1n) is 4.42. The first-order valence-corrected chi connectivity index (χ1v) is 4.42. The Bertz CT molecular complexity index is 612. The Morgan fingerprint density at radius 2 is 1.93 bits per heavy atom. The van der Waals surface area contributed by atoms with Crippen molar-refractivity contribution in [3.63, 3.8) is 0 Å². The van der Waals surface area contributed by atoms with Crippen molar-refractivity contribution in [1.29, 1.82) is 0 Å². The third-order valence-electron chi connectivity index (χ3n) is 2.40. The van der Waals surface area contributed by atoms with Crippen LogP contribution >= 0.6 is 0 Å². The molecule has 0 aliphatic carbocycles. The number of tetrazole rings is 1. The quantitative estimate of drug-likeness (QED) is 0.532. The second-order valence-electron chi connectivity index (χ2n) is 3.30. The number of aryl methyl sites for hydroxylation is 1. The molecule has 0 atom stereocenters. The van der Waals surface area contributed by atoms with Crippen LogP contribution in [0.2, 0.25) is 0 Å². The molecule has 3 rings (SSSR count). The fraction of sp³-hybridized carbons (Fsp3) is 0.100. The standard InChI is InChI=1S/C10H8N4/c1-7-6-14-10(11-12-13-14)9-5-3-2-4-8(7)9/h2-6H,1H3. The van der Waals surface area contributed by atoms with Crippen molar-refractivity contribution >= 4 is 16.4 Å². The largest absolute Gasteiger partial charge is 0.200 e. The highest BCUT2D eigenvalue weighted by molar-refractivity contribution is 5.95. The fourth-order valence-corrected chi connectivity index (χ4v) is 1.73. The summed E-state index contributed by atoms with van der Waals surface area (Å²) in [6, 6.07) is 8.14. The van der Waals surface area contributed by atoms with Crippen LogP contribution in [0.4, 0.5) is 0 Å². The maximum Gasteiger partial charge on any atom is 0.187 e. The predicted octanol–water partition coefficient (Wildman–Crippen LogP) is 1.59. The number of pyridine rings is 1. The van der Waals surface area contributed by atoms with Gasteiger partial charge in [0.1, 0.15) is 0 Å². The van der Waals surface area contributed by atoms with Crippen molar-refractivity contribution in [2.45, 2.75) is 6.92 Å². The van der Waals surface area contributed by atoms with Crippen LogP contribution in [0.15, 0.2) is 30.5 Å². The predicted molar refractivity (Wildman–Crippen MR) is 53.0 cm³/mol. The van der Waals surface area contributed by atoms with E-state index in [1.807, 2.05) is 24.4 Å². The van der Waals surface area contributed by atoms with Gasteiger partial charge in [0.25, 0.3) is 0 Å². The monoisotopic (exact) mass is 184 g/mol. The molecule has 0 spiro atoms. The summed E-state index contributed by atoms with van der Waals surface area (Å²) in [6.07, 6.45) is 1.94. The van der Waals surface area contributed by atoms with E-state index in [0.717, 1.165) is 11.0 Å². The lowest BCUT2D eigenvalue weighted by atomic mass is 10.1. The van der Waals surface area contributed by atoms with Crippen molar-refractivity contribution < 1.29 is 0 Å². The van der Waals surface area contributed by atoms with Gasteiger partial charge in [-0.05, 0) is 28.3 Å². The molecule has 0 aliphatic heterocycles. The molecule has 0 aliphatic rings. The number of rotatable bonds is 0. The van der Waals surface area contributed by atoms with Gasteiger partial charge < -0.3 is 0 Å². The molecule has 0 amide bonds. The number of fused-ring (bicyclic) bond motifs is 3. The molecule has 0 radical (unpaired) electrons. The zero-order chi connectivity index (χ0) is 9.54. The maximum atomic E-state index is 3.99. The molecule has 0 N–H and O–H groups in total. The van der Waals surface area contributed by atoms with E-state index in [0.29, 0.717) is 0 Å². The third-order valence-corrected chi connectivity index (χ3v) is 2.40. The minimum atomic E-state index is 0.811. The van der Waals surface area contributed by atoms with Gasteiger partial charge in [-0.15, -0.1) is 5.10 Å². The van der Waals surface area contributed by atoms with Crippen molar-refractivity contribution in [1.82, 2.24) is 20.0 Å². The molecule has 0 unspecified atom stereocenters. The highest BCUT2D eigenvalue weighted by Crippen LogP contribution is 2.20. The van der Waals surface area contributed by atoms with Gasteiger partial charge in [0, 0.05) is 11.6 Å². The van der Waals surface area contributed by atoms with Crippen LogP contribution in [0.25, 0.3) is 16.4 Å². The topological polar surface area (TPSA) is 43.1 Å². The minimum Gasteiger partial charge on any atom is -0.200 e. The molecular weight excluding hydrogens is 176 g/mol. The number of benzene rings is 1. The average molecular weight is 184 g/mol. The summed E-state index contributed by atoms with van der Waals surface area (Å²) in [5.41, 5.74) is 1.99. The molecule has 0 fully saturated rings. The van der Waals surface area contributed by atoms with Gasteiger partial charge in [0.15, 0.2) is 5.65 Å². The van der Waals surface area contributed by atoms with E-state index >= 15 is 0 Å². The fourth-order valence-electron chi connectivity index (χ4n) is 1.73. The summed E-state index contributed by atoms with van der Waals surface area (Å²) in [5.74, 6) is 0. The first-order chi connectivity index (χ1) is 6.86. The first kappa shape index (κ1) is 7.44. The molecule has 1 aromatic carbocycles. The van der Waals surface area contributed by atoms with E-state index in [4.69, 9.17) is 0 Å². The van der Waals surface area contributed by atoms with Gasteiger partial charge in [-0.25, -0.2) is 0 Å². The smallest absolute Gasteiger partial charge is 0.187 e. The van der Waals surface area contributed by atoms with Crippen LogP contribution in [-0.2, 0) is 0 Å². The summed E-state index contributed by atoms with van der Waals surface area (Å²) >= 11 is 0. The lowest BCUT2D eigenvalue weighted by Crippen LogP contribution is -1.91. The molecule has 68 valence electrons. The Kier molecular flexibility index (Phi) is 1.33. The van der Waals surface area contributed by atoms with E-state index in [9.17, 15) is 0 Å². The molecule has 0 saturated carbocycles. The normalized spacial score (nSPS) is 11.2. The molecule has 4 nitrogen and oxygen atoms in total. The van der Waals surface area contributed by atoms with Gasteiger partial charge in [-0.1, -0.05) is 24.3 Å². The Morgan fingerprint density at radius 1 is 1.14 bits per heavy atom. The maximum absolute atomic E-state index is 3.99. The van der Waals surface area contributed by atoms with Crippen LogP contribution in [0, 0.1) is 6.92 Å². The molecule has 3 aromatic rings. The van der Waals surface area contributed by atoms with Crippen LogP contribution in [0.3, 0.4) is 0 Å². The van der Waals surface area contributed by atoms with Crippen molar-refractivity contribution in [2.75, 3.05) is 0 Å². The lowest BCUT2D eigenvalue weighted by molar-refractivity contribution is 0.822. The van der Waals surface area contributed by atoms with E-state index < -0.39 is 0 Å².